The van der Waals surface area contributed by atoms with Crippen LogP contribution >= 0.6 is 0 Å². The van der Waals surface area contributed by atoms with Gasteiger partial charge in [0.25, 0.3) is 0 Å². The quantitative estimate of drug-likeness (QED) is 0.298. The number of aliphatic hydroxyl groups is 1. The first-order valence-corrected chi connectivity index (χ1v) is 13.7. The minimum absolute atomic E-state index is 0.0247. The SMILES string of the molecule is C=C(CN1CC[C@@](C)(C(=O)Nc2ccc3[nH]nc(-c4ccc(OCCO)cc4)c3c2)C1)N(CCC)CCC. The number of aliphatic hydroxyl groups excluding tert-OH is 1. The van der Waals surface area contributed by atoms with Gasteiger partial charge in [0, 0.05) is 48.5 Å². The smallest absolute Gasteiger partial charge is 0.231 e. The van der Waals surface area contributed by atoms with E-state index in [0.717, 1.165) is 79.0 Å². The average Bonchev–Trinajstić information content (AvgIpc) is 3.51. The van der Waals surface area contributed by atoms with Gasteiger partial charge in [-0.15, -0.1) is 0 Å². The molecule has 0 unspecified atom stereocenters. The first-order valence-electron chi connectivity index (χ1n) is 13.7. The fraction of sp³-hybridized carbons (Fsp3) is 0.467. The van der Waals surface area contributed by atoms with Crippen LogP contribution in [0.5, 0.6) is 5.75 Å². The molecule has 3 aromatic rings. The van der Waals surface area contributed by atoms with E-state index in [1.807, 2.05) is 42.5 Å². The molecule has 38 heavy (non-hydrogen) atoms. The van der Waals surface area contributed by atoms with E-state index < -0.39 is 5.41 Å². The van der Waals surface area contributed by atoms with E-state index >= 15 is 0 Å². The Morgan fingerprint density at radius 2 is 1.95 bits per heavy atom. The number of rotatable bonds is 13. The summed E-state index contributed by atoms with van der Waals surface area (Å²) in [5, 5.41) is 20.7. The Morgan fingerprint density at radius 1 is 1.21 bits per heavy atom. The maximum absolute atomic E-state index is 13.4. The number of nitrogens with one attached hydrogen (secondary N) is 2. The van der Waals surface area contributed by atoms with Crippen molar-refractivity contribution in [2.45, 2.75) is 40.0 Å². The summed E-state index contributed by atoms with van der Waals surface area (Å²) in [6.07, 6.45) is 3.02. The molecule has 0 spiro atoms. The number of likely N-dealkylation sites (tertiary alicyclic amines) is 1. The number of aromatic nitrogens is 2. The molecule has 0 radical (unpaired) electrons. The fourth-order valence-corrected chi connectivity index (χ4v) is 5.17. The molecule has 2 heterocycles. The second-order valence-corrected chi connectivity index (χ2v) is 10.5. The zero-order valence-corrected chi connectivity index (χ0v) is 22.9. The van der Waals surface area contributed by atoms with Crippen LogP contribution in [-0.2, 0) is 4.79 Å². The summed E-state index contributed by atoms with van der Waals surface area (Å²) in [6.45, 7) is 15.5. The Hall–Kier alpha value is -3.36. The molecule has 0 saturated carbocycles. The molecular formula is C30H41N5O3. The average molecular weight is 520 g/mol. The van der Waals surface area contributed by atoms with Crippen LogP contribution in [0.25, 0.3) is 22.2 Å². The Kier molecular flexibility index (Phi) is 9.07. The second kappa shape index (κ2) is 12.5. The number of H-pyrrole nitrogens is 1. The van der Waals surface area contributed by atoms with Gasteiger partial charge in [0.2, 0.25) is 5.91 Å². The van der Waals surface area contributed by atoms with Gasteiger partial charge in [0.1, 0.15) is 12.4 Å². The third-order valence-electron chi connectivity index (χ3n) is 7.25. The van der Waals surface area contributed by atoms with Crippen molar-refractivity contribution in [1.82, 2.24) is 20.0 Å². The van der Waals surface area contributed by atoms with Gasteiger partial charge in [-0.3, -0.25) is 14.8 Å². The van der Waals surface area contributed by atoms with Gasteiger partial charge in [-0.2, -0.15) is 5.10 Å². The van der Waals surface area contributed by atoms with E-state index in [2.05, 4.69) is 52.7 Å². The van der Waals surface area contributed by atoms with Gasteiger partial charge >= 0.3 is 0 Å². The van der Waals surface area contributed by atoms with Gasteiger partial charge in [0.15, 0.2) is 0 Å². The predicted octanol–water partition coefficient (Wildman–Crippen LogP) is 4.89. The van der Waals surface area contributed by atoms with Gasteiger partial charge in [-0.25, -0.2) is 0 Å². The Labute approximate surface area is 225 Å². The fourth-order valence-electron chi connectivity index (χ4n) is 5.17. The first-order chi connectivity index (χ1) is 18.4. The number of benzene rings is 2. The number of amides is 1. The molecule has 1 aromatic heterocycles. The molecule has 1 atom stereocenters. The number of nitrogens with zero attached hydrogens (tertiary/aromatic N) is 3. The molecule has 1 fully saturated rings. The summed E-state index contributed by atoms with van der Waals surface area (Å²) in [4.78, 5) is 18.2. The highest BCUT2D eigenvalue weighted by Gasteiger charge is 2.40. The molecule has 1 aliphatic rings. The van der Waals surface area contributed by atoms with Gasteiger partial charge in [-0.1, -0.05) is 20.4 Å². The number of ether oxygens (including phenoxy) is 1. The molecule has 1 amide bonds. The lowest BCUT2D eigenvalue weighted by molar-refractivity contribution is -0.124. The van der Waals surface area contributed by atoms with Crippen LogP contribution in [-0.4, -0.2) is 76.9 Å². The van der Waals surface area contributed by atoms with Crippen molar-refractivity contribution >= 4 is 22.5 Å². The molecule has 0 bridgehead atoms. The van der Waals surface area contributed by atoms with E-state index in [0.29, 0.717) is 12.3 Å². The number of hydrogen-bond donors (Lipinski definition) is 3. The molecule has 3 N–H and O–H groups in total. The molecule has 8 nitrogen and oxygen atoms in total. The molecule has 8 heteroatoms. The summed E-state index contributed by atoms with van der Waals surface area (Å²) >= 11 is 0. The largest absolute Gasteiger partial charge is 0.491 e. The molecule has 1 saturated heterocycles. The number of hydrogen-bond acceptors (Lipinski definition) is 6. The van der Waals surface area contributed by atoms with Crippen LogP contribution in [0.3, 0.4) is 0 Å². The monoisotopic (exact) mass is 519 g/mol. The third kappa shape index (κ3) is 6.37. The van der Waals surface area contributed by atoms with E-state index in [1.165, 1.54) is 0 Å². The summed E-state index contributed by atoms with van der Waals surface area (Å²) in [7, 11) is 0. The molecule has 4 rings (SSSR count). The van der Waals surface area contributed by atoms with E-state index in [4.69, 9.17) is 9.84 Å². The maximum atomic E-state index is 13.4. The number of aromatic amines is 1. The van der Waals surface area contributed by atoms with Crippen LogP contribution < -0.4 is 10.1 Å². The van der Waals surface area contributed by atoms with Crippen LogP contribution in [0, 0.1) is 5.41 Å². The third-order valence-corrected chi connectivity index (χ3v) is 7.25. The molecule has 2 aromatic carbocycles. The van der Waals surface area contributed by atoms with Crippen LogP contribution in [0.1, 0.15) is 40.0 Å². The lowest BCUT2D eigenvalue weighted by Crippen LogP contribution is -2.38. The number of carbonyl (C=O) groups excluding carboxylic acids is 1. The minimum atomic E-state index is -0.459. The Balaban J connectivity index is 1.42. The number of anilines is 1. The van der Waals surface area contributed by atoms with Crippen LogP contribution in [0.15, 0.2) is 54.7 Å². The normalized spacial score (nSPS) is 17.6. The molecular weight excluding hydrogens is 478 g/mol. The lowest BCUT2D eigenvalue weighted by Gasteiger charge is -2.30. The zero-order valence-electron chi connectivity index (χ0n) is 22.9. The maximum Gasteiger partial charge on any atom is 0.231 e. The van der Waals surface area contributed by atoms with E-state index in [-0.39, 0.29) is 19.1 Å². The van der Waals surface area contributed by atoms with E-state index in [1.54, 1.807) is 0 Å². The second-order valence-electron chi connectivity index (χ2n) is 10.5. The van der Waals surface area contributed by atoms with Crippen LogP contribution in [0.4, 0.5) is 5.69 Å². The standard InChI is InChI=1S/C30H41N5O3/c1-5-14-35(15-6-2)22(3)20-34-16-13-30(4,21-34)29(37)31-24-9-12-27-26(19-24)28(33-32-27)23-7-10-25(11-8-23)38-18-17-36/h7-12,19,36H,3,5-6,13-18,20-21H2,1-2,4H3,(H,31,37)(H,32,33)/t30-/m1/s1. The first kappa shape index (κ1) is 27.7. The van der Waals surface area contributed by atoms with Gasteiger partial charge in [-0.05, 0) is 75.2 Å². The highest BCUT2D eigenvalue weighted by Crippen LogP contribution is 2.34. The summed E-state index contributed by atoms with van der Waals surface area (Å²) < 4.78 is 5.46. The van der Waals surface area contributed by atoms with Gasteiger partial charge in [0.05, 0.1) is 23.2 Å². The Bertz CT molecular complexity index is 1230. The summed E-state index contributed by atoms with van der Waals surface area (Å²) in [5.41, 5.74) is 4.09. The molecule has 1 aliphatic heterocycles. The zero-order chi connectivity index (χ0) is 27.1. The number of fused-ring (bicyclic) bond motifs is 1. The van der Waals surface area contributed by atoms with Crippen molar-refractivity contribution in [3.8, 4) is 17.0 Å². The highest BCUT2D eigenvalue weighted by atomic mass is 16.5. The predicted molar refractivity (Wildman–Crippen MR) is 153 cm³/mol. The topological polar surface area (TPSA) is 93.7 Å². The summed E-state index contributed by atoms with van der Waals surface area (Å²) in [5.74, 6) is 0.737. The highest BCUT2D eigenvalue weighted by molar-refractivity contribution is 6.00. The van der Waals surface area contributed by atoms with Gasteiger partial charge < -0.3 is 20.1 Å². The number of carbonyl (C=O) groups is 1. The van der Waals surface area contributed by atoms with Crippen molar-refractivity contribution < 1.29 is 14.6 Å². The van der Waals surface area contributed by atoms with Crippen molar-refractivity contribution in [3.63, 3.8) is 0 Å². The molecule has 0 aliphatic carbocycles. The lowest BCUT2D eigenvalue weighted by atomic mass is 9.88. The summed E-state index contributed by atoms with van der Waals surface area (Å²) in [6, 6.07) is 13.5. The molecule has 204 valence electrons. The van der Waals surface area contributed by atoms with Crippen LogP contribution in [0.2, 0.25) is 0 Å². The minimum Gasteiger partial charge on any atom is -0.491 e. The van der Waals surface area contributed by atoms with E-state index in [9.17, 15) is 4.79 Å². The van der Waals surface area contributed by atoms with Crippen molar-refractivity contribution in [3.05, 3.63) is 54.7 Å². The van der Waals surface area contributed by atoms with Crippen molar-refractivity contribution in [2.24, 2.45) is 5.41 Å². The van der Waals surface area contributed by atoms with Crippen molar-refractivity contribution in [1.29, 1.82) is 0 Å². The Morgan fingerprint density at radius 3 is 2.63 bits per heavy atom. The van der Waals surface area contributed by atoms with Crippen molar-refractivity contribution in [2.75, 3.05) is 51.3 Å².